The van der Waals surface area contributed by atoms with Crippen LogP contribution < -0.4 is 11.1 Å². The maximum absolute atomic E-state index is 13.7. The lowest BCUT2D eigenvalue weighted by Gasteiger charge is -2.35. The molecule has 1 aliphatic heterocycles. The molecule has 8 heteroatoms. The zero-order valence-corrected chi connectivity index (χ0v) is 17.1. The van der Waals surface area contributed by atoms with Crippen LogP contribution >= 0.6 is 24.8 Å². The van der Waals surface area contributed by atoms with E-state index in [-0.39, 0.29) is 54.5 Å². The molecule has 1 unspecified atom stereocenters. The van der Waals surface area contributed by atoms with Crippen molar-refractivity contribution in [2.24, 2.45) is 11.7 Å². The van der Waals surface area contributed by atoms with Crippen molar-refractivity contribution in [3.63, 3.8) is 0 Å². The van der Waals surface area contributed by atoms with E-state index in [9.17, 15) is 9.18 Å². The summed E-state index contributed by atoms with van der Waals surface area (Å²) in [5.74, 6) is 0.0760. The first-order valence-corrected chi connectivity index (χ1v) is 9.23. The molecule has 2 aliphatic rings. The lowest BCUT2D eigenvalue weighted by molar-refractivity contribution is -0.122. The zero-order valence-electron chi connectivity index (χ0n) is 15.4. The van der Waals surface area contributed by atoms with Crippen LogP contribution in [0.15, 0.2) is 24.3 Å². The number of nitrogens with two attached hydrogens (primary N) is 1. The van der Waals surface area contributed by atoms with Crippen LogP contribution in [0, 0.1) is 11.7 Å². The molecule has 27 heavy (non-hydrogen) atoms. The van der Waals surface area contributed by atoms with Gasteiger partial charge in [-0.3, -0.25) is 9.69 Å². The Labute approximate surface area is 173 Å². The predicted molar refractivity (Wildman–Crippen MR) is 109 cm³/mol. The molecule has 0 spiro atoms. The number of ether oxygens (including phenoxy) is 1. The summed E-state index contributed by atoms with van der Waals surface area (Å²) in [6.45, 7) is 3.37. The molecule has 0 bridgehead atoms. The van der Waals surface area contributed by atoms with Gasteiger partial charge in [0.2, 0.25) is 5.91 Å². The fraction of sp³-hybridized carbons (Fsp3) is 0.632. The minimum absolute atomic E-state index is 0. The molecule has 1 saturated heterocycles. The molecule has 5 nitrogen and oxygen atoms in total. The van der Waals surface area contributed by atoms with Crippen LogP contribution in [0.4, 0.5) is 4.39 Å². The highest BCUT2D eigenvalue weighted by Crippen LogP contribution is 2.27. The van der Waals surface area contributed by atoms with Crippen molar-refractivity contribution in [3.8, 4) is 0 Å². The number of morpholine rings is 1. The van der Waals surface area contributed by atoms with Crippen LogP contribution in [0.1, 0.15) is 37.3 Å². The van der Waals surface area contributed by atoms with Crippen molar-refractivity contribution in [2.45, 2.75) is 37.8 Å². The average Bonchev–Trinajstić information content (AvgIpc) is 3.01. The molecule has 1 aromatic carbocycles. The summed E-state index contributed by atoms with van der Waals surface area (Å²) in [5, 5.41) is 3.05. The average molecular weight is 422 g/mol. The second kappa shape index (κ2) is 11.8. The van der Waals surface area contributed by atoms with E-state index in [1.165, 1.54) is 6.07 Å². The van der Waals surface area contributed by atoms with E-state index in [0.717, 1.165) is 37.9 Å². The second-order valence-corrected chi connectivity index (χ2v) is 7.08. The minimum Gasteiger partial charge on any atom is -0.379 e. The van der Waals surface area contributed by atoms with E-state index < -0.39 is 0 Å². The molecule has 1 saturated carbocycles. The molecule has 2 fully saturated rings. The molecule has 3 rings (SSSR count). The van der Waals surface area contributed by atoms with Gasteiger partial charge in [-0.15, -0.1) is 24.8 Å². The molecular weight excluding hydrogens is 392 g/mol. The number of nitrogens with one attached hydrogen (secondary N) is 1. The van der Waals surface area contributed by atoms with Gasteiger partial charge in [0.05, 0.1) is 19.3 Å². The Morgan fingerprint density at radius 3 is 2.67 bits per heavy atom. The largest absolute Gasteiger partial charge is 0.379 e. The van der Waals surface area contributed by atoms with Gasteiger partial charge in [0.25, 0.3) is 0 Å². The van der Waals surface area contributed by atoms with Crippen LogP contribution in [0.3, 0.4) is 0 Å². The number of halogens is 3. The lowest BCUT2D eigenvalue weighted by atomic mass is 9.99. The molecule has 154 valence electrons. The summed E-state index contributed by atoms with van der Waals surface area (Å²) in [6.07, 6.45) is 3.64. The Morgan fingerprint density at radius 1 is 1.30 bits per heavy atom. The Bertz CT molecular complexity index is 588. The van der Waals surface area contributed by atoms with Gasteiger partial charge >= 0.3 is 0 Å². The van der Waals surface area contributed by atoms with Crippen molar-refractivity contribution in [2.75, 3.05) is 32.8 Å². The van der Waals surface area contributed by atoms with E-state index in [1.807, 2.05) is 6.07 Å². The summed E-state index contributed by atoms with van der Waals surface area (Å²) < 4.78 is 19.1. The normalized spacial score (nSPS) is 23.8. The third-order valence-electron chi connectivity index (χ3n) is 5.38. The van der Waals surface area contributed by atoms with Crippen molar-refractivity contribution in [3.05, 3.63) is 35.6 Å². The number of benzene rings is 1. The highest BCUT2D eigenvalue weighted by Gasteiger charge is 2.27. The second-order valence-electron chi connectivity index (χ2n) is 7.08. The highest BCUT2D eigenvalue weighted by atomic mass is 35.5. The monoisotopic (exact) mass is 421 g/mol. The summed E-state index contributed by atoms with van der Waals surface area (Å²) in [7, 11) is 0. The van der Waals surface area contributed by atoms with Crippen molar-refractivity contribution in [1.82, 2.24) is 10.2 Å². The number of hydrogen-bond acceptors (Lipinski definition) is 4. The lowest BCUT2D eigenvalue weighted by Crippen LogP contribution is -2.44. The first kappa shape index (κ1) is 24.1. The van der Waals surface area contributed by atoms with Crippen LogP contribution in [0.5, 0.6) is 0 Å². The Kier molecular flexibility index (Phi) is 10.6. The maximum Gasteiger partial charge on any atom is 0.220 e. The topological polar surface area (TPSA) is 67.6 Å². The zero-order chi connectivity index (χ0) is 17.6. The summed E-state index contributed by atoms with van der Waals surface area (Å²) in [6, 6.07) is 6.74. The number of rotatable bonds is 6. The third kappa shape index (κ3) is 6.88. The first-order valence-electron chi connectivity index (χ1n) is 9.23. The predicted octanol–water partition coefficient (Wildman–Crippen LogP) is 2.68. The molecule has 3 N–H and O–H groups in total. The van der Waals surface area contributed by atoms with Crippen LogP contribution in [0.25, 0.3) is 0 Å². The molecule has 1 heterocycles. The van der Waals surface area contributed by atoms with Gasteiger partial charge in [-0.1, -0.05) is 18.6 Å². The Morgan fingerprint density at radius 2 is 2.04 bits per heavy atom. The van der Waals surface area contributed by atoms with Crippen molar-refractivity contribution < 1.29 is 13.9 Å². The summed E-state index contributed by atoms with van der Waals surface area (Å²) >= 11 is 0. The van der Waals surface area contributed by atoms with E-state index in [2.05, 4.69) is 10.2 Å². The standard InChI is InChI=1S/C19H28FN3O2.2ClH/c20-16-5-1-4-15(11-16)18(23-7-9-25-10-8-23)13-22-19(24)12-14-3-2-6-17(14)21;;/h1,4-5,11,14,17-18H,2-3,6-10,12-13,21H2,(H,22,24);2*1H/t14-,17+,18?;;/m0../s1. The molecule has 0 radical (unpaired) electrons. The van der Waals surface area contributed by atoms with Gasteiger partial charge in [0, 0.05) is 32.1 Å². The quantitative estimate of drug-likeness (QED) is 0.740. The van der Waals surface area contributed by atoms with E-state index >= 15 is 0 Å². The van der Waals surface area contributed by atoms with Gasteiger partial charge in [-0.2, -0.15) is 0 Å². The number of carbonyl (C=O) groups is 1. The number of carbonyl (C=O) groups excluding carboxylic acids is 1. The number of hydrogen-bond donors (Lipinski definition) is 2. The van der Waals surface area contributed by atoms with Crippen LogP contribution in [-0.2, 0) is 9.53 Å². The summed E-state index contributed by atoms with van der Waals surface area (Å²) in [4.78, 5) is 14.6. The number of amides is 1. The minimum atomic E-state index is -0.251. The fourth-order valence-corrected chi connectivity index (χ4v) is 3.90. The highest BCUT2D eigenvalue weighted by molar-refractivity contribution is 5.85. The third-order valence-corrected chi connectivity index (χ3v) is 5.38. The fourth-order valence-electron chi connectivity index (χ4n) is 3.90. The molecular formula is C19H30Cl2FN3O2. The van der Waals surface area contributed by atoms with Gasteiger partial charge in [-0.05, 0) is 36.5 Å². The van der Waals surface area contributed by atoms with Crippen molar-refractivity contribution in [1.29, 1.82) is 0 Å². The Hall–Kier alpha value is -0.920. The maximum atomic E-state index is 13.7. The smallest absolute Gasteiger partial charge is 0.220 e. The van der Waals surface area contributed by atoms with E-state index in [4.69, 9.17) is 10.5 Å². The van der Waals surface area contributed by atoms with Gasteiger partial charge in [0.1, 0.15) is 5.82 Å². The van der Waals surface area contributed by atoms with Crippen molar-refractivity contribution >= 4 is 30.7 Å². The van der Waals surface area contributed by atoms with Crippen LogP contribution in [-0.4, -0.2) is 49.7 Å². The van der Waals surface area contributed by atoms with E-state index in [0.29, 0.717) is 26.2 Å². The van der Waals surface area contributed by atoms with Crippen LogP contribution in [0.2, 0.25) is 0 Å². The van der Waals surface area contributed by atoms with Gasteiger partial charge in [-0.25, -0.2) is 4.39 Å². The number of nitrogens with zero attached hydrogens (tertiary/aromatic N) is 1. The molecule has 3 atom stereocenters. The SMILES string of the molecule is Cl.Cl.N[C@@H]1CCC[C@H]1CC(=O)NCC(c1cccc(F)c1)N1CCOCC1. The first-order chi connectivity index (χ1) is 12.1. The van der Waals surface area contributed by atoms with E-state index in [1.54, 1.807) is 12.1 Å². The molecule has 0 aromatic heterocycles. The van der Waals surface area contributed by atoms with Gasteiger partial charge in [0.15, 0.2) is 0 Å². The van der Waals surface area contributed by atoms with Gasteiger partial charge < -0.3 is 15.8 Å². The molecule has 1 aromatic rings. The summed E-state index contributed by atoms with van der Waals surface area (Å²) in [5.41, 5.74) is 6.95. The molecule has 1 aliphatic carbocycles. The molecule has 1 amide bonds. The Balaban J connectivity index is 0.00000182.